The molecule has 0 heterocycles. The van der Waals surface area contributed by atoms with Crippen molar-refractivity contribution in [2.45, 2.75) is 32.6 Å². The number of Topliss-reactive ketones (excluding diaryl/α,β-unsaturated/α-hetero) is 1. The fourth-order valence-electron chi connectivity index (χ4n) is 1.74. The number of methoxy groups -OCH3 is 1. The standard InChI is InChI=1S/C14H19NO3/c1-9(2)11-8-10(4-6-13(11)18-3)12(16)5-7-14(15)17/h4,6,8-9H,5,7H2,1-3H3,(H2,15,17). The normalized spacial score (nSPS) is 10.4. The highest BCUT2D eigenvalue weighted by Crippen LogP contribution is 2.27. The number of ether oxygens (including phenoxy) is 1. The maximum absolute atomic E-state index is 11.9. The second-order valence-corrected chi connectivity index (χ2v) is 4.50. The van der Waals surface area contributed by atoms with Gasteiger partial charge in [-0.1, -0.05) is 13.8 Å². The summed E-state index contributed by atoms with van der Waals surface area (Å²) in [5.74, 6) is 0.514. The molecule has 0 radical (unpaired) electrons. The van der Waals surface area contributed by atoms with Crippen LogP contribution in [0.3, 0.4) is 0 Å². The summed E-state index contributed by atoms with van der Waals surface area (Å²) in [7, 11) is 1.61. The average molecular weight is 249 g/mol. The van der Waals surface area contributed by atoms with Gasteiger partial charge in [0.2, 0.25) is 5.91 Å². The third-order valence-corrected chi connectivity index (χ3v) is 2.77. The third-order valence-electron chi connectivity index (χ3n) is 2.77. The maximum Gasteiger partial charge on any atom is 0.217 e. The van der Waals surface area contributed by atoms with E-state index < -0.39 is 5.91 Å². The van der Waals surface area contributed by atoms with Crippen LogP contribution in [-0.4, -0.2) is 18.8 Å². The van der Waals surface area contributed by atoms with Gasteiger partial charge in [0, 0.05) is 18.4 Å². The Morgan fingerprint density at radius 2 is 1.94 bits per heavy atom. The van der Waals surface area contributed by atoms with Crippen molar-refractivity contribution >= 4 is 11.7 Å². The SMILES string of the molecule is COc1ccc(C(=O)CCC(N)=O)cc1C(C)C. The van der Waals surface area contributed by atoms with E-state index in [1.54, 1.807) is 19.2 Å². The van der Waals surface area contributed by atoms with Crippen molar-refractivity contribution in [1.82, 2.24) is 0 Å². The van der Waals surface area contributed by atoms with Gasteiger partial charge in [-0.05, 0) is 29.7 Å². The van der Waals surface area contributed by atoms with Gasteiger partial charge in [0.25, 0.3) is 0 Å². The van der Waals surface area contributed by atoms with Gasteiger partial charge in [0.1, 0.15) is 5.75 Å². The van der Waals surface area contributed by atoms with Crippen LogP contribution in [0.2, 0.25) is 0 Å². The second kappa shape index (κ2) is 6.19. The van der Waals surface area contributed by atoms with Crippen molar-refractivity contribution in [1.29, 1.82) is 0 Å². The number of carbonyl (C=O) groups excluding carboxylic acids is 2. The van der Waals surface area contributed by atoms with Crippen LogP contribution in [0.25, 0.3) is 0 Å². The Kier molecular flexibility index (Phi) is 4.89. The lowest BCUT2D eigenvalue weighted by Crippen LogP contribution is -2.13. The minimum atomic E-state index is -0.457. The van der Waals surface area contributed by atoms with Gasteiger partial charge in [-0.2, -0.15) is 0 Å². The Morgan fingerprint density at radius 3 is 2.44 bits per heavy atom. The largest absolute Gasteiger partial charge is 0.496 e. The Morgan fingerprint density at radius 1 is 1.28 bits per heavy atom. The fraction of sp³-hybridized carbons (Fsp3) is 0.429. The molecule has 98 valence electrons. The molecule has 4 nitrogen and oxygen atoms in total. The zero-order valence-corrected chi connectivity index (χ0v) is 11.0. The molecule has 2 N–H and O–H groups in total. The summed E-state index contributed by atoms with van der Waals surface area (Å²) in [4.78, 5) is 22.5. The van der Waals surface area contributed by atoms with Crippen molar-refractivity contribution in [3.63, 3.8) is 0 Å². The van der Waals surface area contributed by atoms with Crippen molar-refractivity contribution < 1.29 is 14.3 Å². The van der Waals surface area contributed by atoms with Gasteiger partial charge in [0.15, 0.2) is 5.78 Å². The molecule has 0 unspecified atom stereocenters. The van der Waals surface area contributed by atoms with Crippen LogP contribution in [0.4, 0.5) is 0 Å². The van der Waals surface area contributed by atoms with Gasteiger partial charge in [-0.15, -0.1) is 0 Å². The maximum atomic E-state index is 11.9. The molecular weight excluding hydrogens is 230 g/mol. The lowest BCUT2D eigenvalue weighted by molar-refractivity contribution is -0.118. The summed E-state index contributed by atoms with van der Waals surface area (Å²) < 4.78 is 5.25. The van der Waals surface area contributed by atoms with Crippen LogP contribution in [-0.2, 0) is 4.79 Å². The highest BCUT2D eigenvalue weighted by atomic mass is 16.5. The number of benzene rings is 1. The van der Waals surface area contributed by atoms with E-state index in [-0.39, 0.29) is 24.5 Å². The predicted molar refractivity (Wildman–Crippen MR) is 69.8 cm³/mol. The summed E-state index contributed by atoms with van der Waals surface area (Å²) in [5, 5.41) is 0. The first-order valence-electron chi connectivity index (χ1n) is 5.95. The molecule has 4 heteroatoms. The Balaban J connectivity index is 2.93. The highest BCUT2D eigenvalue weighted by Gasteiger charge is 2.13. The summed E-state index contributed by atoms with van der Waals surface area (Å²) in [6, 6.07) is 5.33. The third kappa shape index (κ3) is 3.58. The number of primary amides is 1. The fourth-order valence-corrected chi connectivity index (χ4v) is 1.74. The van der Waals surface area contributed by atoms with Crippen LogP contribution in [0.1, 0.15) is 48.5 Å². The van der Waals surface area contributed by atoms with E-state index in [0.29, 0.717) is 5.56 Å². The van der Waals surface area contributed by atoms with Crippen molar-refractivity contribution in [3.05, 3.63) is 29.3 Å². The summed E-state index contributed by atoms with van der Waals surface area (Å²) in [6.45, 7) is 4.07. The van der Waals surface area contributed by atoms with Crippen molar-refractivity contribution in [3.8, 4) is 5.75 Å². The van der Waals surface area contributed by atoms with E-state index in [9.17, 15) is 9.59 Å². The molecule has 1 rings (SSSR count). The van der Waals surface area contributed by atoms with Crippen LogP contribution in [0.15, 0.2) is 18.2 Å². The highest BCUT2D eigenvalue weighted by molar-refractivity contribution is 5.98. The monoisotopic (exact) mass is 249 g/mol. The average Bonchev–Trinajstić information content (AvgIpc) is 2.34. The molecule has 0 aliphatic rings. The van der Waals surface area contributed by atoms with E-state index in [2.05, 4.69) is 0 Å². The van der Waals surface area contributed by atoms with Gasteiger partial charge < -0.3 is 10.5 Å². The summed E-state index contributed by atoms with van der Waals surface area (Å²) in [5.41, 5.74) is 6.62. The van der Waals surface area contributed by atoms with Gasteiger partial charge >= 0.3 is 0 Å². The van der Waals surface area contributed by atoms with Crippen LogP contribution in [0.5, 0.6) is 5.75 Å². The molecule has 0 bridgehead atoms. The Hall–Kier alpha value is -1.84. The predicted octanol–water partition coefficient (Wildman–Crippen LogP) is 2.27. The Bertz CT molecular complexity index is 452. The quantitative estimate of drug-likeness (QED) is 0.786. The molecule has 1 aromatic carbocycles. The smallest absolute Gasteiger partial charge is 0.217 e. The van der Waals surface area contributed by atoms with Crippen LogP contribution >= 0.6 is 0 Å². The zero-order valence-electron chi connectivity index (χ0n) is 11.0. The first-order chi connectivity index (χ1) is 8.45. The van der Waals surface area contributed by atoms with E-state index >= 15 is 0 Å². The molecule has 1 aromatic rings. The van der Waals surface area contributed by atoms with Crippen LogP contribution < -0.4 is 10.5 Å². The number of rotatable bonds is 6. The number of nitrogens with two attached hydrogens (primary N) is 1. The van der Waals surface area contributed by atoms with E-state index in [1.165, 1.54) is 0 Å². The van der Waals surface area contributed by atoms with E-state index in [4.69, 9.17) is 10.5 Å². The number of amides is 1. The summed E-state index contributed by atoms with van der Waals surface area (Å²) in [6.07, 6.45) is 0.237. The van der Waals surface area contributed by atoms with Gasteiger partial charge in [-0.25, -0.2) is 0 Å². The topological polar surface area (TPSA) is 69.4 Å². The molecule has 0 aromatic heterocycles. The molecule has 0 aliphatic carbocycles. The molecule has 0 fully saturated rings. The number of ketones is 1. The lowest BCUT2D eigenvalue weighted by atomic mass is 9.97. The van der Waals surface area contributed by atoms with Gasteiger partial charge in [0.05, 0.1) is 7.11 Å². The van der Waals surface area contributed by atoms with Crippen LogP contribution in [0, 0.1) is 0 Å². The molecule has 18 heavy (non-hydrogen) atoms. The molecule has 0 spiro atoms. The number of hydrogen-bond acceptors (Lipinski definition) is 3. The van der Waals surface area contributed by atoms with E-state index in [1.807, 2.05) is 19.9 Å². The lowest BCUT2D eigenvalue weighted by Gasteiger charge is -2.13. The molecule has 0 atom stereocenters. The first-order valence-corrected chi connectivity index (χ1v) is 5.95. The summed E-state index contributed by atoms with van der Waals surface area (Å²) >= 11 is 0. The first kappa shape index (κ1) is 14.2. The zero-order chi connectivity index (χ0) is 13.7. The molecule has 1 amide bonds. The Labute approximate surface area is 107 Å². The molecule has 0 aliphatic heterocycles. The van der Waals surface area contributed by atoms with Gasteiger partial charge in [-0.3, -0.25) is 9.59 Å². The molecule has 0 saturated heterocycles. The minimum absolute atomic E-state index is 0.0710. The van der Waals surface area contributed by atoms with E-state index in [0.717, 1.165) is 11.3 Å². The molecule has 0 saturated carbocycles. The second-order valence-electron chi connectivity index (χ2n) is 4.50. The minimum Gasteiger partial charge on any atom is -0.496 e. The molecular formula is C14H19NO3. The number of hydrogen-bond donors (Lipinski definition) is 1. The van der Waals surface area contributed by atoms with Crippen molar-refractivity contribution in [2.24, 2.45) is 5.73 Å². The number of carbonyl (C=O) groups is 2. The van der Waals surface area contributed by atoms with Crippen molar-refractivity contribution in [2.75, 3.05) is 7.11 Å².